The SMILES string of the molecule is CC1(C)c2cccc(-c3cccc(-c4ccc(-c5cc(-c6ccc(-c7ccccc7)cc6)nc(-c6ccccc6)n5)cc4)c3)c2-c2ccc3ccccc3c21. The van der Waals surface area contributed by atoms with Gasteiger partial charge >= 0.3 is 0 Å². The normalized spacial score (nSPS) is 12.7. The second-order valence-corrected chi connectivity index (χ2v) is 15.0. The summed E-state index contributed by atoms with van der Waals surface area (Å²) in [5.41, 5.74) is 17.5. The van der Waals surface area contributed by atoms with Crippen LogP contribution < -0.4 is 0 Å². The standard InChI is InChI=1S/C53H38N2/c1-53(2)47-22-12-21-44(50(47)46-32-31-38-15-9-10-20-45(38)51(46)53)43-19-11-18-42(33-43)37-25-29-40(30-26-37)49-34-48(54-52(55-49)41-16-7-4-8-17-41)39-27-23-36(24-28-39)35-13-5-3-6-14-35/h3-34H,1-2H3. The Kier molecular flexibility index (Phi) is 7.85. The van der Waals surface area contributed by atoms with Crippen LogP contribution in [-0.4, -0.2) is 9.97 Å². The van der Waals surface area contributed by atoms with Gasteiger partial charge in [0.15, 0.2) is 5.82 Å². The molecule has 0 radical (unpaired) electrons. The highest BCUT2D eigenvalue weighted by molar-refractivity contribution is 6.01. The summed E-state index contributed by atoms with van der Waals surface area (Å²) >= 11 is 0. The molecule has 0 amide bonds. The third kappa shape index (κ3) is 5.75. The van der Waals surface area contributed by atoms with Crippen molar-refractivity contribution in [1.29, 1.82) is 0 Å². The van der Waals surface area contributed by atoms with E-state index in [2.05, 4.69) is 184 Å². The van der Waals surface area contributed by atoms with Gasteiger partial charge in [-0.25, -0.2) is 9.97 Å². The lowest BCUT2D eigenvalue weighted by Gasteiger charge is -2.23. The predicted molar refractivity (Wildman–Crippen MR) is 230 cm³/mol. The molecule has 0 aliphatic heterocycles. The minimum atomic E-state index is -0.0954. The van der Waals surface area contributed by atoms with Gasteiger partial charge in [-0.2, -0.15) is 0 Å². The lowest BCUT2D eigenvalue weighted by Crippen LogP contribution is -2.15. The summed E-state index contributed by atoms with van der Waals surface area (Å²) in [4.78, 5) is 10.1. The van der Waals surface area contributed by atoms with E-state index in [4.69, 9.17) is 9.97 Å². The van der Waals surface area contributed by atoms with Crippen LogP contribution in [0.5, 0.6) is 0 Å². The zero-order valence-corrected chi connectivity index (χ0v) is 30.9. The van der Waals surface area contributed by atoms with Gasteiger partial charge in [-0.3, -0.25) is 0 Å². The highest BCUT2D eigenvalue weighted by atomic mass is 14.9. The summed E-state index contributed by atoms with van der Waals surface area (Å²) in [6.45, 7) is 4.74. The third-order valence-corrected chi connectivity index (χ3v) is 11.3. The number of fused-ring (bicyclic) bond motifs is 5. The van der Waals surface area contributed by atoms with E-state index in [1.165, 1.54) is 66.4 Å². The largest absolute Gasteiger partial charge is 0.228 e. The van der Waals surface area contributed by atoms with Gasteiger partial charge in [0.2, 0.25) is 0 Å². The number of nitrogens with zero attached hydrogens (tertiary/aromatic N) is 2. The Hall–Kier alpha value is -6.90. The lowest BCUT2D eigenvalue weighted by molar-refractivity contribution is 0.666. The average molecular weight is 703 g/mol. The highest BCUT2D eigenvalue weighted by Crippen LogP contribution is 2.54. The van der Waals surface area contributed by atoms with E-state index in [0.717, 1.165) is 28.1 Å². The van der Waals surface area contributed by atoms with Crippen molar-refractivity contribution in [2.75, 3.05) is 0 Å². The maximum atomic E-state index is 5.09. The molecule has 0 bridgehead atoms. The van der Waals surface area contributed by atoms with E-state index in [1.54, 1.807) is 0 Å². The number of hydrogen-bond acceptors (Lipinski definition) is 2. The van der Waals surface area contributed by atoms with Crippen LogP contribution in [0.3, 0.4) is 0 Å². The first-order chi connectivity index (χ1) is 27.0. The van der Waals surface area contributed by atoms with Crippen molar-refractivity contribution in [3.8, 4) is 78.4 Å². The monoisotopic (exact) mass is 702 g/mol. The highest BCUT2D eigenvalue weighted by Gasteiger charge is 2.38. The average Bonchev–Trinajstić information content (AvgIpc) is 3.50. The van der Waals surface area contributed by atoms with Gasteiger partial charge in [-0.15, -0.1) is 0 Å². The molecule has 8 aromatic carbocycles. The second kappa shape index (κ2) is 13.2. The minimum Gasteiger partial charge on any atom is -0.228 e. The van der Waals surface area contributed by atoms with Crippen molar-refractivity contribution in [3.05, 3.63) is 205 Å². The van der Waals surface area contributed by atoms with E-state index in [0.29, 0.717) is 5.82 Å². The van der Waals surface area contributed by atoms with Crippen LogP contribution >= 0.6 is 0 Å². The zero-order chi connectivity index (χ0) is 36.9. The molecule has 0 saturated heterocycles. The molecule has 1 aromatic heterocycles. The molecule has 10 rings (SSSR count). The summed E-state index contributed by atoms with van der Waals surface area (Å²) in [7, 11) is 0. The molecular formula is C53H38N2. The van der Waals surface area contributed by atoms with Crippen LogP contribution in [-0.2, 0) is 5.41 Å². The fourth-order valence-corrected chi connectivity index (χ4v) is 8.51. The molecule has 0 fully saturated rings. The van der Waals surface area contributed by atoms with Gasteiger partial charge in [0, 0.05) is 22.1 Å². The summed E-state index contributed by atoms with van der Waals surface area (Å²) in [6.07, 6.45) is 0. The van der Waals surface area contributed by atoms with E-state index in [9.17, 15) is 0 Å². The second-order valence-electron chi connectivity index (χ2n) is 15.0. The van der Waals surface area contributed by atoms with Gasteiger partial charge in [0.05, 0.1) is 11.4 Å². The molecule has 1 aliphatic carbocycles. The van der Waals surface area contributed by atoms with E-state index in [-0.39, 0.29) is 5.41 Å². The summed E-state index contributed by atoms with van der Waals surface area (Å²) in [6, 6.07) is 69.5. The number of rotatable bonds is 6. The Morgan fingerprint density at radius 3 is 1.58 bits per heavy atom. The Bertz CT molecular complexity index is 2850. The van der Waals surface area contributed by atoms with E-state index >= 15 is 0 Å². The van der Waals surface area contributed by atoms with Crippen molar-refractivity contribution < 1.29 is 0 Å². The predicted octanol–water partition coefficient (Wildman–Crippen LogP) is 13.9. The maximum absolute atomic E-state index is 5.09. The molecule has 1 aliphatic rings. The molecule has 0 atom stereocenters. The minimum absolute atomic E-state index is 0.0954. The van der Waals surface area contributed by atoms with Crippen LogP contribution in [0.4, 0.5) is 0 Å². The van der Waals surface area contributed by atoms with Crippen molar-refractivity contribution >= 4 is 10.8 Å². The summed E-state index contributed by atoms with van der Waals surface area (Å²) in [5, 5.41) is 2.63. The fourth-order valence-electron chi connectivity index (χ4n) is 8.51. The number of hydrogen-bond donors (Lipinski definition) is 0. The first kappa shape index (κ1) is 32.7. The van der Waals surface area contributed by atoms with E-state index in [1.807, 2.05) is 24.3 Å². The van der Waals surface area contributed by atoms with Gasteiger partial charge in [0.25, 0.3) is 0 Å². The van der Waals surface area contributed by atoms with Crippen LogP contribution in [0.1, 0.15) is 25.0 Å². The lowest BCUT2D eigenvalue weighted by atomic mass is 9.80. The Morgan fingerprint density at radius 2 is 0.891 bits per heavy atom. The quantitative estimate of drug-likeness (QED) is 0.172. The molecule has 0 saturated carbocycles. The molecule has 55 heavy (non-hydrogen) atoms. The smallest absolute Gasteiger partial charge is 0.160 e. The Balaban J connectivity index is 1.01. The van der Waals surface area contributed by atoms with Crippen LogP contribution in [0, 0.1) is 0 Å². The zero-order valence-electron chi connectivity index (χ0n) is 30.9. The first-order valence-corrected chi connectivity index (χ1v) is 19.0. The molecule has 260 valence electrons. The molecule has 0 spiro atoms. The van der Waals surface area contributed by atoms with Crippen molar-refractivity contribution in [1.82, 2.24) is 9.97 Å². The van der Waals surface area contributed by atoms with Gasteiger partial charge < -0.3 is 0 Å². The summed E-state index contributed by atoms with van der Waals surface area (Å²) in [5.74, 6) is 0.713. The first-order valence-electron chi connectivity index (χ1n) is 19.0. The van der Waals surface area contributed by atoms with Crippen LogP contribution in [0.25, 0.3) is 89.2 Å². The van der Waals surface area contributed by atoms with Crippen molar-refractivity contribution in [2.24, 2.45) is 0 Å². The van der Waals surface area contributed by atoms with Gasteiger partial charge in [-0.05, 0) is 78.5 Å². The topological polar surface area (TPSA) is 25.8 Å². The van der Waals surface area contributed by atoms with Gasteiger partial charge in [0.1, 0.15) is 0 Å². The third-order valence-electron chi connectivity index (χ3n) is 11.3. The molecule has 2 heteroatoms. The molecular weight excluding hydrogens is 665 g/mol. The Morgan fingerprint density at radius 1 is 0.364 bits per heavy atom. The fraction of sp³-hybridized carbons (Fsp3) is 0.0566. The Labute approximate surface area is 322 Å². The number of benzene rings is 8. The van der Waals surface area contributed by atoms with Crippen molar-refractivity contribution in [2.45, 2.75) is 19.3 Å². The molecule has 0 N–H and O–H groups in total. The molecule has 9 aromatic rings. The van der Waals surface area contributed by atoms with Crippen LogP contribution in [0.2, 0.25) is 0 Å². The van der Waals surface area contributed by atoms with Crippen molar-refractivity contribution in [3.63, 3.8) is 0 Å². The molecule has 2 nitrogen and oxygen atoms in total. The van der Waals surface area contributed by atoms with Crippen LogP contribution in [0.15, 0.2) is 194 Å². The maximum Gasteiger partial charge on any atom is 0.160 e. The molecule has 0 unspecified atom stereocenters. The molecule has 1 heterocycles. The number of aromatic nitrogens is 2. The summed E-state index contributed by atoms with van der Waals surface area (Å²) < 4.78 is 0. The van der Waals surface area contributed by atoms with E-state index < -0.39 is 0 Å². The van der Waals surface area contributed by atoms with Gasteiger partial charge in [-0.1, -0.05) is 196 Å².